The molecule has 5 nitrogen and oxygen atoms in total. The number of nitrogens with one attached hydrogen (secondary N) is 1. The summed E-state index contributed by atoms with van der Waals surface area (Å²) in [5.74, 6) is -1.31. The molecule has 0 bridgehead atoms. The van der Waals surface area contributed by atoms with E-state index in [1.807, 2.05) is 54.6 Å². The fourth-order valence-electron chi connectivity index (χ4n) is 2.96. The molecule has 0 unspecified atom stereocenters. The average Bonchev–Trinajstić information content (AvgIpc) is 2.74. The predicted octanol–water partition coefficient (Wildman–Crippen LogP) is 2.60. The molecule has 5 heteroatoms. The van der Waals surface area contributed by atoms with Gasteiger partial charge in [0.25, 0.3) is 5.91 Å². The smallest absolute Gasteiger partial charge is 0.254 e. The summed E-state index contributed by atoms with van der Waals surface area (Å²) in [6.07, 6.45) is -1.11. The van der Waals surface area contributed by atoms with Gasteiger partial charge < -0.3 is 16.2 Å². The number of nitrogens with two attached hydrogens (primary N) is 1. The Morgan fingerprint density at radius 2 is 1.36 bits per heavy atom. The number of rotatable bonds is 7. The van der Waals surface area contributed by atoms with Crippen LogP contribution in [0.1, 0.15) is 17.2 Å². The lowest BCUT2D eigenvalue weighted by Crippen LogP contribution is -2.47. The van der Waals surface area contributed by atoms with E-state index >= 15 is 0 Å². The van der Waals surface area contributed by atoms with E-state index in [1.165, 1.54) is 0 Å². The number of benzene rings is 3. The zero-order valence-corrected chi connectivity index (χ0v) is 15.3. The summed E-state index contributed by atoms with van der Waals surface area (Å²) in [5.41, 5.74) is 8.93. The third-order valence-electron chi connectivity index (χ3n) is 4.52. The van der Waals surface area contributed by atoms with Crippen LogP contribution >= 0.6 is 0 Å². The Hall–Kier alpha value is -3.44. The van der Waals surface area contributed by atoms with E-state index in [0.717, 1.165) is 16.7 Å². The summed E-state index contributed by atoms with van der Waals surface area (Å²) in [4.78, 5) is 24.1. The molecule has 0 aromatic heterocycles. The van der Waals surface area contributed by atoms with Crippen molar-refractivity contribution in [2.24, 2.45) is 5.73 Å². The van der Waals surface area contributed by atoms with Gasteiger partial charge in [-0.3, -0.25) is 9.59 Å². The first-order valence-electron chi connectivity index (χ1n) is 9.01. The van der Waals surface area contributed by atoms with Gasteiger partial charge >= 0.3 is 0 Å². The Kier molecular flexibility index (Phi) is 6.19. The van der Waals surface area contributed by atoms with Crippen molar-refractivity contribution >= 4 is 11.8 Å². The monoisotopic (exact) mass is 374 g/mol. The second kappa shape index (κ2) is 8.97. The molecule has 0 aliphatic heterocycles. The molecule has 3 rings (SSSR count). The summed E-state index contributed by atoms with van der Waals surface area (Å²) >= 11 is 0. The van der Waals surface area contributed by atoms with Crippen molar-refractivity contribution in [3.63, 3.8) is 0 Å². The lowest BCUT2D eigenvalue weighted by Gasteiger charge is -2.18. The number of primary amides is 1. The Bertz CT molecular complexity index is 925. The van der Waals surface area contributed by atoms with Gasteiger partial charge in [-0.2, -0.15) is 0 Å². The van der Waals surface area contributed by atoms with Crippen molar-refractivity contribution in [1.29, 1.82) is 0 Å². The fourth-order valence-corrected chi connectivity index (χ4v) is 2.96. The van der Waals surface area contributed by atoms with Crippen LogP contribution in [0.25, 0.3) is 11.1 Å². The zero-order chi connectivity index (χ0) is 19.9. The van der Waals surface area contributed by atoms with Crippen molar-refractivity contribution in [3.8, 4) is 11.1 Å². The molecule has 0 heterocycles. The van der Waals surface area contributed by atoms with Gasteiger partial charge in [0.05, 0.1) is 0 Å². The molecule has 2 amide bonds. The number of carbonyl (C=O) groups excluding carboxylic acids is 2. The van der Waals surface area contributed by atoms with Crippen molar-refractivity contribution in [3.05, 3.63) is 96.1 Å². The third-order valence-corrected chi connectivity index (χ3v) is 4.52. The number of carbonyl (C=O) groups is 2. The van der Waals surface area contributed by atoms with Gasteiger partial charge in [-0.15, -0.1) is 0 Å². The number of amides is 2. The second-order valence-electron chi connectivity index (χ2n) is 6.54. The molecule has 0 fully saturated rings. The van der Waals surface area contributed by atoms with Crippen molar-refractivity contribution in [2.75, 3.05) is 0 Å². The number of hydrogen-bond acceptors (Lipinski definition) is 3. The van der Waals surface area contributed by atoms with Crippen LogP contribution in [0, 0.1) is 0 Å². The highest BCUT2D eigenvalue weighted by molar-refractivity contribution is 5.89. The average molecular weight is 374 g/mol. The third kappa shape index (κ3) is 4.84. The molecule has 0 saturated carbocycles. The molecule has 3 aromatic rings. The maximum absolute atomic E-state index is 12.3. The molecule has 4 N–H and O–H groups in total. The minimum atomic E-state index is -1.36. The van der Waals surface area contributed by atoms with E-state index in [2.05, 4.69) is 5.32 Å². The molecule has 0 aliphatic carbocycles. The number of hydrogen-bond donors (Lipinski definition) is 3. The van der Waals surface area contributed by atoms with E-state index in [9.17, 15) is 14.7 Å². The molecule has 0 saturated heterocycles. The zero-order valence-electron chi connectivity index (χ0n) is 15.3. The van der Waals surface area contributed by atoms with Crippen LogP contribution < -0.4 is 11.1 Å². The first kappa shape index (κ1) is 19.3. The summed E-state index contributed by atoms with van der Waals surface area (Å²) in [5, 5.41) is 12.7. The van der Waals surface area contributed by atoms with Crippen LogP contribution in [0.4, 0.5) is 0 Å². The van der Waals surface area contributed by atoms with Crippen LogP contribution in [0.2, 0.25) is 0 Å². The van der Waals surface area contributed by atoms with E-state index in [-0.39, 0.29) is 6.42 Å². The number of aliphatic hydroxyl groups excluding tert-OH is 1. The van der Waals surface area contributed by atoms with Gasteiger partial charge in [0.15, 0.2) is 6.10 Å². The molecule has 0 aliphatic rings. The van der Waals surface area contributed by atoms with Crippen LogP contribution in [0.15, 0.2) is 84.9 Å². The molecule has 28 heavy (non-hydrogen) atoms. The van der Waals surface area contributed by atoms with Gasteiger partial charge in [0, 0.05) is 6.42 Å². The summed E-state index contributed by atoms with van der Waals surface area (Å²) in [6.45, 7) is 0. The normalized spacial score (nSPS) is 12.8. The first-order valence-corrected chi connectivity index (χ1v) is 9.01. The Balaban J connectivity index is 1.68. The van der Waals surface area contributed by atoms with Crippen LogP contribution in [0.5, 0.6) is 0 Å². The highest BCUT2D eigenvalue weighted by Gasteiger charge is 2.24. The minimum Gasteiger partial charge on any atom is -0.378 e. The van der Waals surface area contributed by atoms with Gasteiger partial charge in [-0.05, 0) is 22.3 Å². The molecular weight excluding hydrogens is 352 g/mol. The van der Waals surface area contributed by atoms with Crippen molar-refractivity contribution in [2.45, 2.75) is 18.6 Å². The van der Waals surface area contributed by atoms with E-state index in [4.69, 9.17) is 5.73 Å². The van der Waals surface area contributed by atoms with Gasteiger partial charge in [0.1, 0.15) is 6.04 Å². The molecule has 0 spiro atoms. The minimum absolute atomic E-state index is 0.248. The summed E-state index contributed by atoms with van der Waals surface area (Å²) in [7, 11) is 0. The van der Waals surface area contributed by atoms with Gasteiger partial charge in [-0.25, -0.2) is 0 Å². The molecule has 3 aromatic carbocycles. The largest absolute Gasteiger partial charge is 0.378 e. The van der Waals surface area contributed by atoms with Gasteiger partial charge in [0.2, 0.25) is 5.91 Å². The Morgan fingerprint density at radius 3 is 1.93 bits per heavy atom. The standard InChI is InChI=1S/C23H22N2O3/c24-22(27)20(25-23(28)21(26)19-9-5-2-6-10-19)15-16-11-13-18(14-12-16)17-7-3-1-4-8-17/h1-14,20-21,26H,15H2,(H2,24,27)(H,25,28)/t20-,21+/m1/s1. The predicted molar refractivity (Wildman–Crippen MR) is 108 cm³/mol. The van der Waals surface area contributed by atoms with Crippen LogP contribution in [0.3, 0.4) is 0 Å². The van der Waals surface area contributed by atoms with E-state index in [1.54, 1.807) is 30.3 Å². The maximum Gasteiger partial charge on any atom is 0.254 e. The summed E-state index contributed by atoms with van der Waals surface area (Å²) < 4.78 is 0. The summed E-state index contributed by atoms with van der Waals surface area (Å²) in [6, 6.07) is 25.3. The van der Waals surface area contributed by atoms with Crippen molar-refractivity contribution < 1.29 is 14.7 Å². The molecular formula is C23H22N2O3. The number of aliphatic hydroxyl groups is 1. The van der Waals surface area contributed by atoms with Gasteiger partial charge in [-0.1, -0.05) is 84.9 Å². The van der Waals surface area contributed by atoms with Crippen LogP contribution in [-0.4, -0.2) is 23.0 Å². The first-order chi connectivity index (χ1) is 13.5. The highest BCUT2D eigenvalue weighted by Crippen LogP contribution is 2.20. The maximum atomic E-state index is 12.3. The highest BCUT2D eigenvalue weighted by atomic mass is 16.3. The molecule has 0 radical (unpaired) electrons. The topological polar surface area (TPSA) is 92.4 Å². The van der Waals surface area contributed by atoms with Crippen molar-refractivity contribution in [1.82, 2.24) is 5.32 Å². The Morgan fingerprint density at radius 1 is 0.821 bits per heavy atom. The quantitative estimate of drug-likeness (QED) is 0.593. The van der Waals surface area contributed by atoms with Crippen LogP contribution in [-0.2, 0) is 16.0 Å². The lowest BCUT2D eigenvalue weighted by molar-refractivity contribution is -0.133. The Labute approximate surface area is 163 Å². The fraction of sp³-hybridized carbons (Fsp3) is 0.130. The van der Waals surface area contributed by atoms with E-state index in [0.29, 0.717) is 5.56 Å². The van der Waals surface area contributed by atoms with E-state index < -0.39 is 24.0 Å². The molecule has 2 atom stereocenters. The SMILES string of the molecule is NC(=O)[C@@H](Cc1ccc(-c2ccccc2)cc1)NC(=O)[C@@H](O)c1ccccc1. The molecule has 142 valence electrons. The second-order valence-corrected chi connectivity index (χ2v) is 6.54. The lowest BCUT2D eigenvalue weighted by atomic mass is 10.00.